The van der Waals surface area contributed by atoms with Crippen LogP contribution >= 0.6 is 0 Å². The number of benzene rings is 3. The fourth-order valence-corrected chi connectivity index (χ4v) is 4.55. The largest absolute Gasteiger partial charge is 0.478 e. The SMILES string of the molecule is COC(=O)C1=C(C(=O)OC)N(c2ccc(C=C(C(=O)O)c3ccccc3)cc2)C(N)=C(C#N)C1c1ccccc1. The van der Waals surface area contributed by atoms with E-state index in [0.717, 1.165) is 0 Å². The summed E-state index contributed by atoms with van der Waals surface area (Å²) in [7, 11) is 2.35. The van der Waals surface area contributed by atoms with Crippen LogP contribution in [0.5, 0.6) is 0 Å². The van der Waals surface area contributed by atoms with Gasteiger partial charge < -0.3 is 20.3 Å². The third kappa shape index (κ3) is 5.19. The number of aliphatic carboxylic acids is 1. The van der Waals surface area contributed by atoms with Gasteiger partial charge in [-0.3, -0.25) is 4.90 Å². The van der Waals surface area contributed by atoms with Gasteiger partial charge in [-0.25, -0.2) is 14.4 Å². The molecule has 0 amide bonds. The van der Waals surface area contributed by atoms with Crippen LogP contribution in [0, 0.1) is 11.3 Å². The minimum atomic E-state index is -1.09. The Morgan fingerprint density at radius 2 is 1.48 bits per heavy atom. The first kappa shape index (κ1) is 27.4. The van der Waals surface area contributed by atoms with Crippen molar-refractivity contribution < 1.29 is 29.0 Å². The number of hydrogen-bond donors (Lipinski definition) is 2. The summed E-state index contributed by atoms with van der Waals surface area (Å²) in [6, 6.07) is 25.9. The van der Waals surface area contributed by atoms with E-state index >= 15 is 0 Å². The molecule has 1 heterocycles. The predicted molar refractivity (Wildman–Crippen MR) is 148 cm³/mol. The van der Waals surface area contributed by atoms with E-state index in [-0.39, 0.29) is 28.2 Å². The Hall–Kier alpha value is -5.62. The summed E-state index contributed by atoms with van der Waals surface area (Å²) < 4.78 is 10.1. The lowest BCUT2D eigenvalue weighted by Crippen LogP contribution is -2.40. The van der Waals surface area contributed by atoms with Crippen LogP contribution in [0.3, 0.4) is 0 Å². The maximum Gasteiger partial charge on any atom is 0.355 e. The van der Waals surface area contributed by atoms with Gasteiger partial charge in [-0.1, -0.05) is 72.8 Å². The number of nitriles is 1. The van der Waals surface area contributed by atoms with Gasteiger partial charge in [-0.05, 0) is 34.9 Å². The smallest absolute Gasteiger partial charge is 0.355 e. The second-order valence-corrected chi connectivity index (χ2v) is 8.66. The van der Waals surface area contributed by atoms with Gasteiger partial charge in [0.25, 0.3) is 0 Å². The standard InChI is InChI=1S/C31H25N3O6/c1-39-30(37)26-25(21-11-7-4-8-12-21)24(18-32)28(33)34(27(26)31(38)40-2)22-15-13-19(14-16-22)17-23(29(35)36)20-9-5-3-6-10-20/h3-17,25H,33H2,1-2H3,(H,35,36). The molecule has 4 rings (SSSR count). The molecule has 1 aliphatic heterocycles. The molecule has 0 aliphatic carbocycles. The average molecular weight is 536 g/mol. The van der Waals surface area contributed by atoms with Crippen molar-refractivity contribution in [3.05, 3.63) is 124 Å². The van der Waals surface area contributed by atoms with Crippen molar-refractivity contribution in [2.24, 2.45) is 5.73 Å². The first-order valence-electron chi connectivity index (χ1n) is 12.1. The molecule has 0 radical (unpaired) electrons. The minimum Gasteiger partial charge on any atom is -0.478 e. The molecule has 3 aromatic carbocycles. The number of esters is 2. The van der Waals surface area contributed by atoms with Gasteiger partial charge in [0.2, 0.25) is 0 Å². The number of carbonyl (C=O) groups excluding carboxylic acids is 2. The third-order valence-corrected chi connectivity index (χ3v) is 6.39. The zero-order valence-corrected chi connectivity index (χ0v) is 21.7. The summed E-state index contributed by atoms with van der Waals surface area (Å²) in [5, 5.41) is 19.9. The van der Waals surface area contributed by atoms with Gasteiger partial charge in [-0.2, -0.15) is 5.26 Å². The lowest BCUT2D eigenvalue weighted by Gasteiger charge is -2.35. The van der Waals surface area contributed by atoms with Crippen molar-refractivity contribution in [2.75, 3.05) is 19.1 Å². The maximum atomic E-state index is 13.2. The number of nitrogens with two attached hydrogens (primary N) is 1. The fourth-order valence-electron chi connectivity index (χ4n) is 4.55. The van der Waals surface area contributed by atoms with E-state index in [1.54, 1.807) is 84.9 Å². The van der Waals surface area contributed by atoms with Crippen LogP contribution in [0.2, 0.25) is 0 Å². The maximum absolute atomic E-state index is 13.2. The van der Waals surface area contributed by atoms with Gasteiger partial charge in [0, 0.05) is 5.69 Å². The van der Waals surface area contributed by atoms with Crippen molar-refractivity contribution in [2.45, 2.75) is 5.92 Å². The third-order valence-electron chi connectivity index (χ3n) is 6.39. The molecule has 0 spiro atoms. The van der Waals surface area contributed by atoms with E-state index in [1.807, 2.05) is 0 Å². The molecular weight excluding hydrogens is 510 g/mol. The van der Waals surface area contributed by atoms with Crippen LogP contribution in [0.1, 0.15) is 22.6 Å². The van der Waals surface area contributed by atoms with Crippen LogP contribution in [0.25, 0.3) is 11.6 Å². The van der Waals surface area contributed by atoms with E-state index in [4.69, 9.17) is 15.2 Å². The zero-order chi connectivity index (χ0) is 28.8. The number of carboxylic acids is 1. The van der Waals surface area contributed by atoms with Crippen LogP contribution in [0.4, 0.5) is 5.69 Å². The summed E-state index contributed by atoms with van der Waals surface area (Å²) in [5.41, 5.74) is 8.34. The minimum absolute atomic E-state index is 0.0421. The number of rotatable bonds is 7. The predicted octanol–water partition coefficient (Wildman–Crippen LogP) is 4.21. The number of nitrogens with zero attached hydrogens (tertiary/aromatic N) is 2. The van der Waals surface area contributed by atoms with Crippen molar-refractivity contribution >= 4 is 35.2 Å². The summed E-state index contributed by atoms with van der Waals surface area (Å²) >= 11 is 0. The Balaban J connectivity index is 1.89. The van der Waals surface area contributed by atoms with Gasteiger partial charge in [0.05, 0.1) is 42.9 Å². The van der Waals surface area contributed by atoms with E-state index in [0.29, 0.717) is 22.4 Å². The number of ether oxygens (including phenoxy) is 2. The molecule has 3 N–H and O–H groups in total. The van der Waals surface area contributed by atoms with Gasteiger partial charge >= 0.3 is 17.9 Å². The molecule has 1 unspecified atom stereocenters. The lowest BCUT2D eigenvalue weighted by atomic mass is 9.81. The molecule has 9 heteroatoms. The molecular formula is C31H25N3O6. The highest BCUT2D eigenvalue weighted by atomic mass is 16.5. The van der Waals surface area contributed by atoms with E-state index in [1.165, 1.54) is 25.2 Å². The topological polar surface area (TPSA) is 143 Å². The van der Waals surface area contributed by atoms with Crippen LogP contribution < -0.4 is 10.6 Å². The quantitative estimate of drug-likeness (QED) is 0.258. The van der Waals surface area contributed by atoms with Gasteiger partial charge in [0.1, 0.15) is 11.5 Å². The normalized spacial score (nSPS) is 15.4. The van der Waals surface area contributed by atoms with Crippen LogP contribution in [0.15, 0.2) is 108 Å². The number of carbonyl (C=O) groups is 3. The molecule has 0 saturated heterocycles. The second-order valence-electron chi connectivity index (χ2n) is 8.66. The molecule has 1 aliphatic rings. The molecule has 40 heavy (non-hydrogen) atoms. The molecule has 0 fully saturated rings. The molecule has 0 aromatic heterocycles. The average Bonchev–Trinajstić information content (AvgIpc) is 2.99. The first-order valence-corrected chi connectivity index (χ1v) is 12.1. The number of allylic oxidation sites excluding steroid dienone is 1. The Bertz CT molecular complexity index is 1580. The fraction of sp³-hybridized carbons (Fsp3) is 0.0968. The number of hydrogen-bond acceptors (Lipinski definition) is 8. The molecule has 0 bridgehead atoms. The molecule has 9 nitrogen and oxygen atoms in total. The molecule has 3 aromatic rings. The van der Waals surface area contributed by atoms with Crippen LogP contribution in [-0.4, -0.2) is 37.2 Å². The van der Waals surface area contributed by atoms with E-state index < -0.39 is 23.8 Å². The Kier molecular flexibility index (Phi) is 8.11. The number of carboxylic acid groups (broad SMARTS) is 1. The summed E-state index contributed by atoms with van der Waals surface area (Å²) in [4.78, 5) is 39.5. The van der Waals surface area contributed by atoms with E-state index in [2.05, 4.69) is 6.07 Å². The van der Waals surface area contributed by atoms with Crippen molar-refractivity contribution in [1.29, 1.82) is 5.26 Å². The van der Waals surface area contributed by atoms with Crippen molar-refractivity contribution in [3.63, 3.8) is 0 Å². The summed E-state index contributed by atoms with van der Waals surface area (Å²) in [6.07, 6.45) is 1.51. The highest BCUT2D eigenvalue weighted by Gasteiger charge is 2.42. The van der Waals surface area contributed by atoms with E-state index in [9.17, 15) is 24.8 Å². The summed E-state index contributed by atoms with van der Waals surface area (Å²) in [6.45, 7) is 0. The molecule has 0 saturated carbocycles. The highest BCUT2D eigenvalue weighted by Crippen LogP contribution is 2.43. The van der Waals surface area contributed by atoms with Crippen molar-refractivity contribution in [1.82, 2.24) is 0 Å². The lowest BCUT2D eigenvalue weighted by molar-refractivity contribution is -0.139. The highest BCUT2D eigenvalue weighted by molar-refractivity contribution is 6.20. The zero-order valence-electron chi connectivity index (χ0n) is 21.7. The Labute approximate surface area is 230 Å². The van der Waals surface area contributed by atoms with Crippen molar-refractivity contribution in [3.8, 4) is 6.07 Å². The summed E-state index contributed by atoms with van der Waals surface area (Å²) in [5.74, 6) is -3.82. The second kappa shape index (κ2) is 11.8. The molecule has 200 valence electrons. The monoisotopic (exact) mass is 535 g/mol. The number of anilines is 1. The van der Waals surface area contributed by atoms with Gasteiger partial charge in [0.15, 0.2) is 0 Å². The first-order chi connectivity index (χ1) is 19.3. The van der Waals surface area contributed by atoms with Crippen LogP contribution in [-0.2, 0) is 23.9 Å². The van der Waals surface area contributed by atoms with Gasteiger partial charge in [-0.15, -0.1) is 0 Å². The Morgan fingerprint density at radius 3 is 2.00 bits per heavy atom. The Morgan fingerprint density at radius 1 is 0.900 bits per heavy atom. The number of methoxy groups -OCH3 is 2. The molecule has 1 atom stereocenters.